The molecule has 5 rings (SSSR count). The Morgan fingerprint density at radius 2 is 1.82 bits per heavy atom. The van der Waals surface area contributed by atoms with Gasteiger partial charge in [-0.25, -0.2) is 19.7 Å². The van der Waals surface area contributed by atoms with E-state index >= 15 is 0 Å². The molecule has 0 aliphatic heterocycles. The fourth-order valence-corrected chi connectivity index (χ4v) is 3.57. The Morgan fingerprint density at radius 1 is 1.00 bits per heavy atom. The van der Waals surface area contributed by atoms with Crippen LogP contribution in [0.25, 0.3) is 28.3 Å². The van der Waals surface area contributed by atoms with Crippen molar-refractivity contribution in [1.29, 1.82) is 0 Å². The van der Waals surface area contributed by atoms with Crippen LogP contribution in [0.5, 0.6) is 0 Å². The minimum Gasteiger partial charge on any atom is -0.303 e. The largest absolute Gasteiger partial charge is 0.328 e. The molecule has 4 heterocycles. The molecule has 5 aromatic rings. The number of fused-ring (bicyclic) bond motifs is 2. The fraction of sp³-hybridized carbons (Fsp3) is 0.143. The number of aryl methyl sites for hydroxylation is 2. The molecule has 7 nitrogen and oxygen atoms in total. The monoisotopic (exact) mass is 370 g/mol. The number of benzene rings is 1. The molecule has 0 fully saturated rings. The van der Waals surface area contributed by atoms with Crippen molar-refractivity contribution in [2.24, 2.45) is 0 Å². The molecule has 0 aliphatic rings. The Balaban J connectivity index is 1.68. The van der Waals surface area contributed by atoms with Crippen LogP contribution in [-0.4, -0.2) is 28.9 Å². The van der Waals surface area contributed by atoms with Crippen molar-refractivity contribution in [3.63, 3.8) is 0 Å². The summed E-state index contributed by atoms with van der Waals surface area (Å²) in [6.07, 6.45) is 5.33. The van der Waals surface area contributed by atoms with Crippen LogP contribution < -0.4 is 5.69 Å². The van der Waals surface area contributed by atoms with Gasteiger partial charge in [0.15, 0.2) is 11.5 Å². The van der Waals surface area contributed by atoms with Crippen LogP contribution in [-0.2, 0) is 6.54 Å². The van der Waals surface area contributed by atoms with Crippen LogP contribution in [0.3, 0.4) is 0 Å². The summed E-state index contributed by atoms with van der Waals surface area (Å²) >= 11 is 0. The molecule has 138 valence electrons. The molecule has 1 aromatic carbocycles. The normalized spacial score (nSPS) is 11.5. The number of nitrogens with zero attached hydrogens (tertiary/aromatic N) is 5. The van der Waals surface area contributed by atoms with Gasteiger partial charge in [-0.3, -0.25) is 8.97 Å². The zero-order chi connectivity index (χ0) is 19.3. The molecule has 0 unspecified atom stereocenters. The van der Waals surface area contributed by atoms with Crippen LogP contribution in [0, 0.1) is 13.8 Å². The zero-order valence-corrected chi connectivity index (χ0v) is 15.5. The van der Waals surface area contributed by atoms with Crippen molar-refractivity contribution in [3.8, 4) is 11.5 Å². The number of rotatable bonds is 3. The first kappa shape index (κ1) is 16.4. The molecule has 0 radical (unpaired) electrons. The van der Waals surface area contributed by atoms with E-state index in [9.17, 15) is 4.79 Å². The topological polar surface area (TPSA) is 80.9 Å². The lowest BCUT2D eigenvalue weighted by atomic mass is 10.0. The van der Waals surface area contributed by atoms with E-state index in [1.54, 1.807) is 17.0 Å². The predicted molar refractivity (Wildman–Crippen MR) is 107 cm³/mol. The van der Waals surface area contributed by atoms with Crippen LogP contribution in [0.2, 0.25) is 0 Å². The first-order chi connectivity index (χ1) is 13.6. The second-order valence-electron chi connectivity index (χ2n) is 6.89. The van der Waals surface area contributed by atoms with E-state index in [1.807, 2.05) is 34.9 Å². The lowest BCUT2D eigenvalue weighted by Crippen LogP contribution is -2.19. The lowest BCUT2D eigenvalue weighted by Gasteiger charge is -2.10. The smallest absolute Gasteiger partial charge is 0.303 e. The molecule has 0 saturated carbocycles. The highest BCUT2D eigenvalue weighted by molar-refractivity contribution is 5.72. The first-order valence-electron chi connectivity index (χ1n) is 9.05. The number of aromatic amines is 1. The van der Waals surface area contributed by atoms with E-state index in [2.05, 4.69) is 40.9 Å². The maximum absolute atomic E-state index is 12.6. The van der Waals surface area contributed by atoms with Crippen LogP contribution in [0.4, 0.5) is 0 Å². The van der Waals surface area contributed by atoms with Crippen LogP contribution in [0.1, 0.15) is 16.7 Å². The summed E-state index contributed by atoms with van der Waals surface area (Å²) in [6, 6.07) is 11.9. The molecule has 0 spiro atoms. The Bertz CT molecular complexity index is 1370. The zero-order valence-electron chi connectivity index (χ0n) is 15.5. The summed E-state index contributed by atoms with van der Waals surface area (Å²) < 4.78 is 3.60. The summed E-state index contributed by atoms with van der Waals surface area (Å²) in [5.41, 5.74) is 6.04. The van der Waals surface area contributed by atoms with Gasteiger partial charge in [-0.05, 0) is 42.7 Å². The van der Waals surface area contributed by atoms with Gasteiger partial charge in [0.2, 0.25) is 0 Å². The number of imidazole rings is 2. The summed E-state index contributed by atoms with van der Waals surface area (Å²) in [7, 11) is 0. The van der Waals surface area contributed by atoms with Crippen LogP contribution >= 0.6 is 0 Å². The van der Waals surface area contributed by atoms with E-state index in [4.69, 9.17) is 4.98 Å². The molecule has 0 atom stereocenters. The highest BCUT2D eigenvalue weighted by atomic mass is 16.1. The number of H-pyrrole nitrogens is 1. The van der Waals surface area contributed by atoms with Gasteiger partial charge in [-0.1, -0.05) is 24.3 Å². The van der Waals surface area contributed by atoms with E-state index in [0.29, 0.717) is 23.5 Å². The molecule has 28 heavy (non-hydrogen) atoms. The third-order valence-corrected chi connectivity index (χ3v) is 5.12. The summed E-state index contributed by atoms with van der Waals surface area (Å²) in [4.78, 5) is 29.0. The fourth-order valence-electron chi connectivity index (χ4n) is 3.57. The molecule has 0 amide bonds. The quantitative estimate of drug-likeness (QED) is 0.529. The van der Waals surface area contributed by atoms with Gasteiger partial charge in [0.1, 0.15) is 16.9 Å². The van der Waals surface area contributed by atoms with E-state index in [0.717, 1.165) is 28.0 Å². The number of nitrogens with one attached hydrogen (secondary N) is 1. The van der Waals surface area contributed by atoms with Gasteiger partial charge in [-0.15, -0.1) is 0 Å². The van der Waals surface area contributed by atoms with E-state index in [-0.39, 0.29) is 5.69 Å². The van der Waals surface area contributed by atoms with E-state index < -0.39 is 0 Å². The average Bonchev–Trinajstić information content (AvgIpc) is 3.25. The number of hydrogen-bond donors (Lipinski definition) is 1. The van der Waals surface area contributed by atoms with Gasteiger partial charge in [-0.2, -0.15) is 0 Å². The standard InChI is InChI=1S/C21H18N6O/c1-13-6-5-7-14(2)15(13)12-27-20-16(24-21(27)28)10-23-19(25-20)17-11-22-18-8-3-4-9-26(17)18/h3-11H,12H2,1-2H3,(H,24,28). The van der Waals surface area contributed by atoms with Gasteiger partial charge >= 0.3 is 5.69 Å². The Kier molecular flexibility index (Phi) is 3.61. The highest BCUT2D eigenvalue weighted by Gasteiger charge is 2.15. The van der Waals surface area contributed by atoms with Crippen molar-refractivity contribution in [3.05, 3.63) is 82.2 Å². The second-order valence-corrected chi connectivity index (χ2v) is 6.89. The molecular weight excluding hydrogens is 352 g/mol. The van der Waals surface area contributed by atoms with Crippen molar-refractivity contribution < 1.29 is 0 Å². The molecule has 7 heteroatoms. The van der Waals surface area contributed by atoms with Gasteiger partial charge in [0, 0.05) is 6.20 Å². The molecule has 0 aliphatic carbocycles. The summed E-state index contributed by atoms with van der Waals surface area (Å²) in [6.45, 7) is 4.57. The van der Waals surface area contributed by atoms with Crippen LogP contribution in [0.15, 0.2) is 59.8 Å². The highest BCUT2D eigenvalue weighted by Crippen LogP contribution is 2.20. The maximum Gasteiger partial charge on any atom is 0.328 e. The molecule has 0 bridgehead atoms. The molecular formula is C21H18N6O. The Labute approximate surface area is 160 Å². The Hall–Kier alpha value is -3.74. The molecule has 4 aromatic heterocycles. The van der Waals surface area contributed by atoms with Crippen molar-refractivity contribution in [2.45, 2.75) is 20.4 Å². The number of hydrogen-bond acceptors (Lipinski definition) is 4. The third-order valence-electron chi connectivity index (χ3n) is 5.12. The Morgan fingerprint density at radius 3 is 2.64 bits per heavy atom. The molecule has 1 N–H and O–H groups in total. The summed E-state index contributed by atoms with van der Waals surface area (Å²) in [5, 5.41) is 0. The SMILES string of the molecule is Cc1cccc(C)c1Cn1c(=O)[nH]c2cnc(-c3cnc4ccccn34)nc21. The van der Waals surface area contributed by atoms with Crippen molar-refractivity contribution in [1.82, 2.24) is 28.9 Å². The lowest BCUT2D eigenvalue weighted by molar-refractivity contribution is 0.768. The van der Waals surface area contributed by atoms with E-state index in [1.165, 1.54) is 0 Å². The van der Waals surface area contributed by atoms with Gasteiger partial charge < -0.3 is 4.98 Å². The summed E-state index contributed by atoms with van der Waals surface area (Å²) in [5.74, 6) is 0.528. The minimum absolute atomic E-state index is 0.192. The molecule has 0 saturated heterocycles. The third kappa shape index (κ3) is 2.51. The predicted octanol–water partition coefficient (Wildman–Crippen LogP) is 3.10. The number of pyridine rings is 1. The number of aromatic nitrogens is 6. The second kappa shape index (κ2) is 6.16. The van der Waals surface area contributed by atoms with Gasteiger partial charge in [0.25, 0.3) is 0 Å². The van der Waals surface area contributed by atoms with Crippen molar-refractivity contribution >= 4 is 16.8 Å². The average molecular weight is 370 g/mol. The van der Waals surface area contributed by atoms with Crippen molar-refractivity contribution in [2.75, 3.05) is 0 Å². The first-order valence-corrected chi connectivity index (χ1v) is 9.05. The maximum atomic E-state index is 12.6. The minimum atomic E-state index is -0.192. The van der Waals surface area contributed by atoms with Gasteiger partial charge in [0.05, 0.1) is 18.9 Å².